The van der Waals surface area contributed by atoms with Crippen LogP contribution in [0.25, 0.3) is 0 Å². The molecule has 1 N–H and O–H groups in total. The monoisotopic (exact) mass is 476 g/mol. The summed E-state index contributed by atoms with van der Waals surface area (Å²) in [5, 5.41) is 3.62. The van der Waals surface area contributed by atoms with E-state index in [0.29, 0.717) is 18.0 Å². The van der Waals surface area contributed by atoms with E-state index in [1.165, 1.54) is 0 Å². The summed E-state index contributed by atoms with van der Waals surface area (Å²) in [6.07, 6.45) is 0.660. The maximum atomic E-state index is 13.8. The first-order valence-electron chi connectivity index (χ1n) is 11.7. The first-order valence-corrected chi connectivity index (χ1v) is 12.0. The van der Waals surface area contributed by atoms with Crippen LogP contribution in [0.15, 0.2) is 72.8 Å². The van der Waals surface area contributed by atoms with Crippen LogP contribution < -0.4 is 5.32 Å². The van der Waals surface area contributed by atoms with Gasteiger partial charge in [0.05, 0.1) is 6.42 Å². The molecule has 0 saturated carbocycles. The van der Waals surface area contributed by atoms with Crippen molar-refractivity contribution >= 4 is 23.4 Å². The summed E-state index contributed by atoms with van der Waals surface area (Å²) in [5.41, 5.74) is 5.03. The molecular weight excluding hydrogens is 444 g/mol. The lowest BCUT2D eigenvalue weighted by Gasteiger charge is -2.32. The first-order chi connectivity index (χ1) is 16.2. The van der Waals surface area contributed by atoms with E-state index in [1.54, 1.807) is 11.0 Å². The second-order valence-electron chi connectivity index (χ2n) is 9.13. The molecule has 0 aliphatic rings. The third-order valence-electron chi connectivity index (χ3n) is 5.79. The Balaban J connectivity index is 2.00. The zero-order valence-electron chi connectivity index (χ0n) is 20.3. The van der Waals surface area contributed by atoms with Crippen molar-refractivity contribution in [1.82, 2.24) is 10.2 Å². The molecular formula is C29H33ClN2O2. The number of hydrogen-bond acceptors (Lipinski definition) is 2. The van der Waals surface area contributed by atoms with Crippen LogP contribution in [-0.2, 0) is 29.0 Å². The van der Waals surface area contributed by atoms with Crippen LogP contribution >= 0.6 is 11.6 Å². The van der Waals surface area contributed by atoms with Gasteiger partial charge in [-0.05, 0) is 62.1 Å². The van der Waals surface area contributed by atoms with Gasteiger partial charge >= 0.3 is 0 Å². The predicted molar refractivity (Wildman–Crippen MR) is 139 cm³/mol. The molecule has 3 aromatic rings. The lowest BCUT2D eigenvalue weighted by molar-refractivity contribution is -0.141. The fourth-order valence-electron chi connectivity index (χ4n) is 4.02. The number of carbonyl (C=O) groups excluding carboxylic acids is 2. The molecule has 4 nitrogen and oxygen atoms in total. The van der Waals surface area contributed by atoms with Crippen molar-refractivity contribution in [1.29, 1.82) is 0 Å². The number of rotatable bonds is 9. The normalized spacial score (nSPS) is 11.8. The fraction of sp³-hybridized carbons (Fsp3) is 0.310. The zero-order valence-corrected chi connectivity index (χ0v) is 21.1. The second-order valence-corrected chi connectivity index (χ2v) is 9.56. The topological polar surface area (TPSA) is 49.4 Å². The van der Waals surface area contributed by atoms with E-state index in [4.69, 9.17) is 11.6 Å². The highest BCUT2D eigenvalue weighted by atomic mass is 35.5. The summed E-state index contributed by atoms with van der Waals surface area (Å²) in [6.45, 7) is 8.18. The third kappa shape index (κ3) is 7.19. The molecule has 1 atom stereocenters. The molecule has 0 radical (unpaired) electrons. The van der Waals surface area contributed by atoms with Gasteiger partial charge in [0.1, 0.15) is 6.04 Å². The average Bonchev–Trinajstić information content (AvgIpc) is 2.79. The Labute approximate surface area is 207 Å². The number of hydrogen-bond donors (Lipinski definition) is 1. The van der Waals surface area contributed by atoms with E-state index < -0.39 is 6.04 Å². The molecule has 2 amide bonds. The molecule has 0 saturated heterocycles. The quantitative estimate of drug-likeness (QED) is 0.433. The smallest absolute Gasteiger partial charge is 0.243 e. The molecule has 178 valence electrons. The van der Waals surface area contributed by atoms with Gasteiger partial charge in [-0.1, -0.05) is 77.8 Å². The Bertz CT molecular complexity index is 1130. The Hall–Kier alpha value is -3.11. The maximum Gasteiger partial charge on any atom is 0.243 e. The van der Waals surface area contributed by atoms with E-state index in [0.717, 1.165) is 27.8 Å². The Kier molecular flexibility index (Phi) is 8.89. The number of benzene rings is 3. The van der Waals surface area contributed by atoms with Crippen molar-refractivity contribution in [2.24, 2.45) is 0 Å². The molecule has 5 heteroatoms. The number of amides is 2. The van der Waals surface area contributed by atoms with Gasteiger partial charge in [-0.2, -0.15) is 0 Å². The minimum atomic E-state index is -0.651. The molecule has 3 aromatic carbocycles. The molecule has 0 aromatic heterocycles. The summed E-state index contributed by atoms with van der Waals surface area (Å²) in [4.78, 5) is 28.9. The largest absolute Gasteiger partial charge is 0.352 e. The second kappa shape index (κ2) is 11.8. The first kappa shape index (κ1) is 25.5. The van der Waals surface area contributed by atoms with Crippen molar-refractivity contribution in [3.05, 3.63) is 106 Å². The summed E-state index contributed by atoms with van der Waals surface area (Å²) >= 11 is 6.23. The number of halogens is 1. The lowest BCUT2D eigenvalue weighted by atomic mass is 9.99. The number of aryl methyl sites for hydroxylation is 2. The molecule has 0 aliphatic heterocycles. The summed E-state index contributed by atoms with van der Waals surface area (Å²) in [5.74, 6) is -0.247. The van der Waals surface area contributed by atoms with Crippen molar-refractivity contribution < 1.29 is 9.59 Å². The summed E-state index contributed by atoms with van der Waals surface area (Å²) in [7, 11) is 0. The SMILES string of the molecule is Cc1ccc(C)c(CC(=O)N(Cc2cccc(Cl)c2)[C@@H](Cc2ccccc2)C(=O)NC(C)C)c1. The summed E-state index contributed by atoms with van der Waals surface area (Å²) in [6, 6.07) is 22.7. The Morgan fingerprint density at radius 3 is 2.29 bits per heavy atom. The predicted octanol–water partition coefficient (Wildman–Crippen LogP) is 5.66. The average molecular weight is 477 g/mol. The highest BCUT2D eigenvalue weighted by Crippen LogP contribution is 2.20. The molecule has 0 aliphatic carbocycles. The fourth-order valence-corrected chi connectivity index (χ4v) is 4.23. The molecule has 0 spiro atoms. The van der Waals surface area contributed by atoms with Gasteiger partial charge in [0.15, 0.2) is 0 Å². The van der Waals surface area contributed by atoms with Crippen LogP contribution in [-0.4, -0.2) is 28.8 Å². The Morgan fingerprint density at radius 1 is 0.912 bits per heavy atom. The standard InChI is InChI=1S/C29H33ClN2O2/c1-20(2)31-29(34)27(17-23-9-6-5-7-10-23)32(19-24-11-8-12-26(30)16-24)28(33)18-25-15-21(3)13-14-22(25)4/h5-16,20,27H,17-19H2,1-4H3,(H,31,34)/t27-/m0/s1. The van der Waals surface area contributed by atoms with E-state index in [1.807, 2.05) is 94.4 Å². The molecule has 0 fully saturated rings. The van der Waals surface area contributed by atoms with Crippen LogP contribution in [0.3, 0.4) is 0 Å². The molecule has 34 heavy (non-hydrogen) atoms. The number of nitrogens with zero attached hydrogens (tertiary/aromatic N) is 1. The van der Waals surface area contributed by atoms with E-state index in [2.05, 4.69) is 5.32 Å². The van der Waals surface area contributed by atoms with Gasteiger partial charge in [-0.15, -0.1) is 0 Å². The third-order valence-corrected chi connectivity index (χ3v) is 6.03. The highest BCUT2D eigenvalue weighted by molar-refractivity contribution is 6.30. The number of carbonyl (C=O) groups is 2. The van der Waals surface area contributed by atoms with Gasteiger partial charge in [-0.3, -0.25) is 9.59 Å². The minimum Gasteiger partial charge on any atom is -0.352 e. The minimum absolute atomic E-state index is 0.0343. The van der Waals surface area contributed by atoms with Gasteiger partial charge in [0.2, 0.25) is 11.8 Å². The Morgan fingerprint density at radius 2 is 1.62 bits per heavy atom. The lowest BCUT2D eigenvalue weighted by Crippen LogP contribution is -2.52. The van der Waals surface area contributed by atoms with Crippen LogP contribution in [0, 0.1) is 13.8 Å². The van der Waals surface area contributed by atoms with Gasteiger partial charge in [0, 0.05) is 24.0 Å². The molecule has 0 heterocycles. The highest BCUT2D eigenvalue weighted by Gasteiger charge is 2.31. The molecule has 3 rings (SSSR count). The zero-order chi connectivity index (χ0) is 24.7. The van der Waals surface area contributed by atoms with Crippen LogP contribution in [0.4, 0.5) is 0 Å². The van der Waals surface area contributed by atoms with Gasteiger partial charge in [-0.25, -0.2) is 0 Å². The molecule has 0 bridgehead atoms. The van der Waals surface area contributed by atoms with Crippen LogP contribution in [0.1, 0.15) is 41.7 Å². The van der Waals surface area contributed by atoms with E-state index in [-0.39, 0.29) is 24.3 Å². The summed E-state index contributed by atoms with van der Waals surface area (Å²) < 4.78 is 0. The van der Waals surface area contributed by atoms with Gasteiger partial charge < -0.3 is 10.2 Å². The van der Waals surface area contributed by atoms with Crippen LogP contribution in [0.2, 0.25) is 5.02 Å². The van der Waals surface area contributed by atoms with E-state index in [9.17, 15) is 9.59 Å². The van der Waals surface area contributed by atoms with Crippen molar-refractivity contribution in [3.8, 4) is 0 Å². The maximum absolute atomic E-state index is 13.8. The molecule has 0 unspecified atom stereocenters. The van der Waals surface area contributed by atoms with Crippen molar-refractivity contribution in [2.45, 2.75) is 59.2 Å². The van der Waals surface area contributed by atoms with E-state index >= 15 is 0 Å². The number of nitrogens with one attached hydrogen (secondary N) is 1. The van der Waals surface area contributed by atoms with Crippen molar-refractivity contribution in [3.63, 3.8) is 0 Å². The van der Waals surface area contributed by atoms with Crippen molar-refractivity contribution in [2.75, 3.05) is 0 Å². The van der Waals surface area contributed by atoms with Crippen LogP contribution in [0.5, 0.6) is 0 Å². The van der Waals surface area contributed by atoms with Gasteiger partial charge in [0.25, 0.3) is 0 Å².